The number of ether oxygens (including phenoxy) is 4. The highest BCUT2D eigenvalue weighted by molar-refractivity contribution is 5.95. The zero-order valence-corrected chi connectivity index (χ0v) is 19.9. The Hall–Kier alpha value is -4.34. The molecule has 0 spiro atoms. The van der Waals surface area contributed by atoms with Gasteiger partial charge in [0.15, 0.2) is 11.8 Å². The van der Waals surface area contributed by atoms with E-state index in [1.165, 1.54) is 14.2 Å². The molecule has 2 rings (SSSR count). The molecule has 2 N–H and O–H groups in total. The molecule has 0 aromatic heterocycles. The van der Waals surface area contributed by atoms with E-state index in [1.807, 2.05) is 0 Å². The monoisotopic (exact) mass is 500 g/mol. The van der Waals surface area contributed by atoms with Crippen molar-refractivity contribution < 1.29 is 48.3 Å². The lowest BCUT2D eigenvalue weighted by Crippen LogP contribution is -2.28. The van der Waals surface area contributed by atoms with E-state index in [0.29, 0.717) is 23.7 Å². The van der Waals surface area contributed by atoms with Gasteiger partial charge in [0.2, 0.25) is 0 Å². The van der Waals surface area contributed by atoms with E-state index in [0.717, 1.165) is 5.56 Å². The molecule has 0 heterocycles. The van der Waals surface area contributed by atoms with Crippen LogP contribution in [0.1, 0.15) is 11.1 Å². The highest BCUT2D eigenvalue weighted by atomic mass is 16.5. The van der Waals surface area contributed by atoms with Crippen LogP contribution in [0.4, 0.5) is 0 Å². The Kier molecular flexibility index (Phi) is 11.0. The van der Waals surface area contributed by atoms with Crippen molar-refractivity contribution in [3.8, 4) is 11.5 Å². The summed E-state index contributed by atoms with van der Waals surface area (Å²) in [6.45, 7) is 0.567. The Morgan fingerprint density at radius 2 is 1.03 bits per heavy atom. The molecule has 0 amide bonds. The van der Waals surface area contributed by atoms with Gasteiger partial charge in [0.05, 0.1) is 14.2 Å². The van der Waals surface area contributed by atoms with Crippen LogP contribution in [-0.4, -0.2) is 61.5 Å². The zero-order valence-electron chi connectivity index (χ0n) is 19.9. The maximum absolute atomic E-state index is 11.8. The van der Waals surface area contributed by atoms with E-state index in [2.05, 4.69) is 9.47 Å². The maximum atomic E-state index is 11.8. The predicted molar refractivity (Wildman–Crippen MR) is 127 cm³/mol. The van der Waals surface area contributed by atoms with Gasteiger partial charge in [-0.25, -0.2) is 0 Å². The summed E-state index contributed by atoms with van der Waals surface area (Å²) >= 11 is 0. The molecule has 0 bridgehead atoms. The molecule has 0 unspecified atom stereocenters. The number of esters is 2. The van der Waals surface area contributed by atoms with Crippen molar-refractivity contribution in [2.45, 2.75) is 12.8 Å². The predicted octanol–water partition coefficient (Wildman–Crippen LogP) is 2.53. The third-order valence-corrected chi connectivity index (χ3v) is 5.15. The lowest BCUT2D eigenvalue weighted by molar-refractivity contribution is -0.159. The Bertz CT molecular complexity index is 1030. The van der Waals surface area contributed by atoms with E-state index in [1.54, 1.807) is 60.7 Å². The number of carbonyl (C=O) groups is 4. The fourth-order valence-electron chi connectivity index (χ4n) is 3.17. The van der Waals surface area contributed by atoms with E-state index in [9.17, 15) is 19.2 Å². The quantitative estimate of drug-likeness (QED) is 0.225. The number of rotatable bonds is 14. The minimum absolute atomic E-state index is 0.111. The molecule has 0 saturated carbocycles. The number of aliphatic carboxylic acids is 2. The lowest BCUT2D eigenvalue weighted by atomic mass is 9.99. The molecule has 10 nitrogen and oxygen atoms in total. The first-order valence-electron chi connectivity index (χ1n) is 10.9. The van der Waals surface area contributed by atoms with Gasteiger partial charge in [0.25, 0.3) is 0 Å². The molecular weight excluding hydrogens is 472 g/mol. The molecule has 2 aromatic carbocycles. The van der Waals surface area contributed by atoms with E-state index in [4.69, 9.17) is 19.7 Å². The second-order valence-corrected chi connectivity index (χ2v) is 7.62. The van der Waals surface area contributed by atoms with Crippen LogP contribution in [0.2, 0.25) is 0 Å². The fourth-order valence-corrected chi connectivity index (χ4v) is 3.17. The molecule has 0 aliphatic rings. The summed E-state index contributed by atoms with van der Waals surface area (Å²) in [5, 5.41) is 17.9. The second-order valence-electron chi connectivity index (χ2n) is 7.62. The molecule has 0 aliphatic heterocycles. The average Bonchev–Trinajstić information content (AvgIpc) is 2.88. The van der Waals surface area contributed by atoms with Crippen LogP contribution in [0, 0.1) is 11.8 Å². The van der Waals surface area contributed by atoms with Gasteiger partial charge < -0.3 is 29.2 Å². The average molecular weight is 501 g/mol. The number of carboxylic acids is 2. The van der Waals surface area contributed by atoms with Gasteiger partial charge in [-0.2, -0.15) is 0 Å². The number of hydrogen-bond acceptors (Lipinski definition) is 8. The van der Waals surface area contributed by atoms with Crippen molar-refractivity contribution in [2.75, 3.05) is 27.4 Å². The molecule has 192 valence electrons. The summed E-state index contributed by atoms with van der Waals surface area (Å²) in [6, 6.07) is 13.5. The summed E-state index contributed by atoms with van der Waals surface area (Å²) in [5.74, 6) is -5.43. The van der Waals surface area contributed by atoms with E-state index in [-0.39, 0.29) is 19.4 Å². The van der Waals surface area contributed by atoms with Gasteiger partial charge in [-0.3, -0.25) is 19.2 Å². The second kappa shape index (κ2) is 14.1. The number of methoxy groups -OCH3 is 2. The van der Waals surface area contributed by atoms with Crippen LogP contribution in [0.15, 0.2) is 60.7 Å². The molecule has 0 atom stereocenters. The van der Waals surface area contributed by atoms with Gasteiger partial charge >= 0.3 is 23.9 Å². The molecule has 0 aliphatic carbocycles. The van der Waals surface area contributed by atoms with Crippen LogP contribution >= 0.6 is 0 Å². The smallest absolute Gasteiger partial charge is 0.320 e. The van der Waals surface area contributed by atoms with Crippen LogP contribution in [0.5, 0.6) is 11.5 Å². The van der Waals surface area contributed by atoms with Crippen LogP contribution in [0.3, 0.4) is 0 Å². The van der Waals surface area contributed by atoms with E-state index < -0.39 is 35.7 Å². The Balaban J connectivity index is 1.76. The number of carboxylic acid groups (broad SMARTS) is 2. The molecule has 0 radical (unpaired) electrons. The van der Waals surface area contributed by atoms with Crippen LogP contribution in [0.25, 0.3) is 0 Å². The maximum Gasteiger partial charge on any atom is 0.320 e. The summed E-state index contributed by atoms with van der Waals surface area (Å²) in [7, 11) is 2.43. The Morgan fingerprint density at radius 3 is 1.36 bits per heavy atom. The SMILES string of the molecule is COC(=O)C(Cc1ccc(OCC=CCOc2ccc(CC(C(=O)O)C(=O)O)cc2)cc1)C(=O)OC. The normalized spacial score (nSPS) is 10.9. The minimum Gasteiger partial charge on any atom is -0.490 e. The standard InChI is InChI=1S/C26H28O10/c1-33-25(31)22(26(32)34-2)16-18-7-11-20(12-8-18)36-14-4-3-13-35-19-9-5-17(6-10-19)15-21(23(27)28)24(29)30/h3-12,21-22H,13-16H2,1-2H3,(H,27,28)(H,29,30). The van der Waals surface area contributed by atoms with Gasteiger partial charge in [-0.15, -0.1) is 0 Å². The zero-order chi connectivity index (χ0) is 26.5. The van der Waals surface area contributed by atoms with Crippen LogP contribution in [-0.2, 0) is 41.5 Å². The van der Waals surface area contributed by atoms with Crippen LogP contribution < -0.4 is 9.47 Å². The largest absolute Gasteiger partial charge is 0.490 e. The molecule has 2 aromatic rings. The van der Waals surface area contributed by atoms with E-state index >= 15 is 0 Å². The first-order chi connectivity index (χ1) is 17.2. The summed E-state index contributed by atoms with van der Waals surface area (Å²) in [5.41, 5.74) is 1.33. The lowest BCUT2D eigenvalue weighted by Gasteiger charge is -2.12. The number of benzene rings is 2. The highest BCUT2D eigenvalue weighted by Crippen LogP contribution is 2.18. The molecule has 36 heavy (non-hydrogen) atoms. The van der Waals surface area contributed by atoms with Gasteiger partial charge in [-0.05, 0) is 60.4 Å². The Morgan fingerprint density at radius 1 is 0.667 bits per heavy atom. The van der Waals surface area contributed by atoms with Crippen molar-refractivity contribution in [3.63, 3.8) is 0 Å². The third kappa shape index (κ3) is 8.79. The van der Waals surface area contributed by atoms with Crippen molar-refractivity contribution >= 4 is 23.9 Å². The van der Waals surface area contributed by atoms with Gasteiger partial charge in [0.1, 0.15) is 24.7 Å². The molecule has 10 heteroatoms. The summed E-state index contributed by atoms with van der Waals surface area (Å²) < 4.78 is 20.5. The minimum atomic E-state index is -1.49. The van der Waals surface area contributed by atoms with Crippen molar-refractivity contribution in [1.29, 1.82) is 0 Å². The van der Waals surface area contributed by atoms with Gasteiger partial charge in [0, 0.05) is 0 Å². The first-order valence-corrected chi connectivity index (χ1v) is 10.9. The van der Waals surface area contributed by atoms with Crippen molar-refractivity contribution in [3.05, 3.63) is 71.8 Å². The van der Waals surface area contributed by atoms with Crippen molar-refractivity contribution in [2.24, 2.45) is 11.8 Å². The highest BCUT2D eigenvalue weighted by Gasteiger charge is 2.29. The topological polar surface area (TPSA) is 146 Å². The number of hydrogen-bond donors (Lipinski definition) is 2. The molecular formula is C26H28O10. The third-order valence-electron chi connectivity index (χ3n) is 5.15. The fraction of sp³-hybridized carbons (Fsp3) is 0.308. The Labute approximate surface area is 208 Å². The van der Waals surface area contributed by atoms with Crippen molar-refractivity contribution in [1.82, 2.24) is 0 Å². The first kappa shape index (κ1) is 27.9. The summed E-state index contributed by atoms with van der Waals surface area (Å²) in [6.07, 6.45) is 3.58. The molecule has 0 fully saturated rings. The van der Waals surface area contributed by atoms with Gasteiger partial charge in [-0.1, -0.05) is 24.3 Å². The number of carbonyl (C=O) groups excluding carboxylic acids is 2. The molecule has 0 saturated heterocycles. The summed E-state index contributed by atoms with van der Waals surface area (Å²) in [4.78, 5) is 45.6.